The number of nitrogens with zero attached hydrogens (tertiary/aromatic N) is 2. The van der Waals surface area contributed by atoms with E-state index < -0.39 is 0 Å². The zero-order valence-electron chi connectivity index (χ0n) is 41.4. The van der Waals surface area contributed by atoms with E-state index in [0.29, 0.717) is 0 Å². The first-order valence-electron chi connectivity index (χ1n) is 25.7. The van der Waals surface area contributed by atoms with Gasteiger partial charge in [-0.05, 0) is 125 Å². The Balaban J connectivity index is 0.000000466. The Kier molecular flexibility index (Phi) is 30.3. The van der Waals surface area contributed by atoms with Gasteiger partial charge in [0.2, 0.25) is 11.4 Å². The minimum atomic E-state index is 1.01. The van der Waals surface area contributed by atoms with Crippen LogP contribution < -0.4 is 0 Å². The van der Waals surface area contributed by atoms with Gasteiger partial charge < -0.3 is 5.53 Å². The van der Waals surface area contributed by atoms with Crippen molar-refractivity contribution >= 4 is 11.4 Å². The van der Waals surface area contributed by atoms with Gasteiger partial charge in [0.25, 0.3) is 0 Å². The van der Waals surface area contributed by atoms with Crippen molar-refractivity contribution in [3.8, 4) is 0 Å². The van der Waals surface area contributed by atoms with Crippen LogP contribution in [0.2, 0.25) is 10.8 Å². The maximum absolute atomic E-state index is 11.9. The van der Waals surface area contributed by atoms with Crippen molar-refractivity contribution in [3.63, 3.8) is 0 Å². The molecule has 1 aliphatic heterocycles. The standard InChI is InChI=1S/C35H50N2.2C11H23.Ni/c1-9-11-13-14-15-17-19-33-32(18-16-12-10-2)34(30-20-24(3)28(7)25(4)21-30)37(36)35(33)31-22-26(5)29(8)27(6)23-31;2*1-3-5-7-9-11-10-8-6-4-2;/h20-23H,9-19H2,1-8H3;2*1,3-11H2,2H3;. The van der Waals surface area contributed by atoms with Gasteiger partial charge in [0.15, 0.2) is 0 Å². The number of allylic oxidation sites excluding steroid dienone is 2. The summed E-state index contributed by atoms with van der Waals surface area (Å²) in [6.07, 6.45) is 39.6. The second kappa shape index (κ2) is 33.6. The maximum atomic E-state index is 11.9. The molecule has 0 saturated heterocycles. The number of hydrogen-bond donors (Lipinski definition) is 0. The molecule has 0 radical (unpaired) electrons. The Hall–Kier alpha value is -1.99. The van der Waals surface area contributed by atoms with Crippen LogP contribution in [0.5, 0.6) is 0 Å². The first-order valence-corrected chi connectivity index (χ1v) is 27.1. The number of rotatable bonds is 33. The van der Waals surface area contributed by atoms with Crippen molar-refractivity contribution in [2.24, 2.45) is 0 Å². The molecular formula is C57H96N2Ni. The van der Waals surface area contributed by atoms with Gasteiger partial charge in [-0.2, -0.15) is 0 Å². The van der Waals surface area contributed by atoms with E-state index in [1.54, 1.807) is 4.70 Å². The molecule has 0 aromatic heterocycles. The van der Waals surface area contributed by atoms with Crippen molar-refractivity contribution in [1.29, 1.82) is 0 Å². The zero-order chi connectivity index (χ0) is 44.0. The summed E-state index contributed by atoms with van der Waals surface area (Å²) in [4.78, 5) is 0. The van der Waals surface area contributed by atoms with Gasteiger partial charge in [-0.3, -0.25) is 0 Å². The monoisotopic (exact) mass is 867 g/mol. The third kappa shape index (κ3) is 20.5. The van der Waals surface area contributed by atoms with Crippen LogP contribution in [0.3, 0.4) is 0 Å². The fraction of sp³-hybridized carbons (Fsp3) is 0.719. The molecule has 0 saturated carbocycles. The fourth-order valence-corrected chi connectivity index (χ4v) is 10.0. The molecule has 0 fully saturated rings. The van der Waals surface area contributed by atoms with E-state index in [2.05, 4.69) is 93.5 Å². The topological polar surface area (TPSA) is 25.3 Å². The Bertz CT molecular complexity index is 1480. The van der Waals surface area contributed by atoms with Crippen molar-refractivity contribution in [2.45, 2.75) is 266 Å². The summed E-state index contributed by atoms with van der Waals surface area (Å²) in [6.45, 7) is 22.3. The van der Waals surface area contributed by atoms with E-state index in [1.807, 2.05) is 14.4 Å². The zero-order valence-corrected chi connectivity index (χ0v) is 42.4. The Morgan fingerprint density at radius 2 is 0.617 bits per heavy atom. The third-order valence-electron chi connectivity index (χ3n) is 13.2. The van der Waals surface area contributed by atoms with E-state index in [4.69, 9.17) is 0 Å². The molecule has 2 aromatic rings. The van der Waals surface area contributed by atoms with E-state index >= 15 is 0 Å². The fourth-order valence-electron chi connectivity index (χ4n) is 8.78. The minimum absolute atomic E-state index is 1.01. The molecule has 2 aromatic carbocycles. The van der Waals surface area contributed by atoms with Gasteiger partial charge >= 0.3 is 155 Å². The van der Waals surface area contributed by atoms with Gasteiger partial charge in [-0.25, -0.2) is 4.70 Å². The first-order chi connectivity index (χ1) is 29.1. The van der Waals surface area contributed by atoms with Crippen molar-refractivity contribution < 1.29 is 19.1 Å². The van der Waals surface area contributed by atoms with Crippen LogP contribution in [-0.4, -0.2) is 4.70 Å². The molecule has 1 aliphatic rings. The molecule has 60 heavy (non-hydrogen) atoms. The molecule has 3 heteroatoms. The molecule has 344 valence electrons. The van der Waals surface area contributed by atoms with Crippen LogP contribution in [0, 0.1) is 41.5 Å². The second-order valence-corrected chi connectivity index (χ2v) is 20.0. The summed E-state index contributed by atoms with van der Waals surface area (Å²) in [7, 11) is 0. The molecule has 0 aliphatic carbocycles. The molecule has 0 spiro atoms. The number of unbranched alkanes of at least 4 members (excludes halogenated alkanes) is 23. The van der Waals surface area contributed by atoms with E-state index in [9.17, 15) is 5.53 Å². The van der Waals surface area contributed by atoms with Crippen LogP contribution in [0.4, 0.5) is 0 Å². The molecule has 2 nitrogen and oxygen atoms in total. The summed E-state index contributed by atoms with van der Waals surface area (Å²) >= 11 is 2.03. The summed E-state index contributed by atoms with van der Waals surface area (Å²) in [5.74, 6) is 0. The number of hydrogen-bond acceptors (Lipinski definition) is 0. The van der Waals surface area contributed by atoms with Crippen molar-refractivity contribution in [1.82, 2.24) is 0 Å². The molecule has 0 N–H and O–H groups in total. The Labute approximate surface area is 380 Å². The number of aryl methyl sites for hydroxylation is 4. The van der Waals surface area contributed by atoms with Crippen LogP contribution in [0.1, 0.15) is 258 Å². The van der Waals surface area contributed by atoms with Gasteiger partial charge in [-0.1, -0.05) is 58.8 Å². The average molecular weight is 868 g/mol. The predicted molar refractivity (Wildman–Crippen MR) is 265 cm³/mol. The Morgan fingerprint density at radius 3 is 0.933 bits per heavy atom. The van der Waals surface area contributed by atoms with Crippen LogP contribution in [0.15, 0.2) is 35.4 Å². The van der Waals surface area contributed by atoms with Gasteiger partial charge in [0.05, 0.1) is 0 Å². The first kappa shape index (κ1) is 54.1. The van der Waals surface area contributed by atoms with E-state index in [1.165, 1.54) is 222 Å². The molecule has 0 atom stereocenters. The molecule has 1 heterocycles. The predicted octanol–water partition coefficient (Wildman–Crippen LogP) is 20.0. The quantitative estimate of drug-likeness (QED) is 0.0388. The van der Waals surface area contributed by atoms with Gasteiger partial charge in [0, 0.05) is 22.3 Å². The van der Waals surface area contributed by atoms with E-state index in [-0.39, 0.29) is 0 Å². The van der Waals surface area contributed by atoms with Crippen LogP contribution in [0.25, 0.3) is 16.9 Å². The molecule has 0 unspecified atom stereocenters. The van der Waals surface area contributed by atoms with E-state index in [0.717, 1.165) is 41.8 Å². The summed E-state index contributed by atoms with van der Waals surface area (Å²) in [5.41, 5.74) is 26.8. The summed E-state index contributed by atoms with van der Waals surface area (Å²) in [5, 5.41) is 2.86. The molecular weight excluding hydrogens is 771 g/mol. The van der Waals surface area contributed by atoms with Crippen LogP contribution in [-0.2, 0) is 14.4 Å². The summed E-state index contributed by atoms with van der Waals surface area (Å²) < 4.78 is 1.56. The van der Waals surface area contributed by atoms with Crippen molar-refractivity contribution in [2.75, 3.05) is 0 Å². The second-order valence-electron chi connectivity index (χ2n) is 18.5. The average Bonchev–Trinajstić information content (AvgIpc) is 3.51. The molecule has 3 rings (SSSR count). The van der Waals surface area contributed by atoms with Gasteiger partial charge in [-0.15, -0.1) is 0 Å². The summed E-state index contributed by atoms with van der Waals surface area (Å²) in [6, 6.07) is 9.11. The van der Waals surface area contributed by atoms with Gasteiger partial charge in [0.1, 0.15) is 0 Å². The van der Waals surface area contributed by atoms with Crippen molar-refractivity contribution in [3.05, 3.63) is 85.5 Å². The Morgan fingerprint density at radius 1 is 0.367 bits per heavy atom. The normalized spacial score (nSPS) is 12.9. The molecule has 0 bridgehead atoms. The van der Waals surface area contributed by atoms with Crippen LogP contribution >= 0.6 is 0 Å². The molecule has 0 amide bonds. The SMILES string of the molecule is CCCCCCCCC1=C(c2cc(C)c(C)c(C)c2)[N+](=[N-])C(c2cc(C)c(C)c(C)c2)=C1CCCCC.CCCCCCCCCC[CH2][Ni][CH2]CCCCCCCCCC. The number of benzene rings is 2. The third-order valence-corrected chi connectivity index (χ3v) is 14.6.